The maximum absolute atomic E-state index is 10.7. The molecule has 1 N–H and O–H groups in total. The van der Waals surface area contributed by atoms with Gasteiger partial charge in [-0.05, 0) is 40.5 Å². The van der Waals surface area contributed by atoms with Gasteiger partial charge in [-0.3, -0.25) is 0 Å². The second-order valence-electron chi connectivity index (χ2n) is 3.15. The van der Waals surface area contributed by atoms with Crippen LogP contribution in [0.2, 0.25) is 0 Å². The van der Waals surface area contributed by atoms with E-state index in [4.69, 9.17) is 9.84 Å². The Labute approximate surface area is 107 Å². The fourth-order valence-electron chi connectivity index (χ4n) is 1.14. The highest BCUT2D eigenvalue weighted by Gasteiger charge is 2.06. The van der Waals surface area contributed by atoms with E-state index >= 15 is 0 Å². The number of benzene rings is 1. The Morgan fingerprint density at radius 3 is 2.88 bits per heavy atom. The number of carboxylic acids is 1. The van der Waals surface area contributed by atoms with Gasteiger partial charge in [0.2, 0.25) is 0 Å². The van der Waals surface area contributed by atoms with Crippen LogP contribution in [0.5, 0.6) is 0 Å². The first-order valence-electron chi connectivity index (χ1n) is 4.79. The quantitative estimate of drug-likeness (QED) is 0.647. The smallest absolute Gasteiger partial charge is 0.335 e. The SMILES string of the molecule is COCCCSc1ccc(C(=O)O)cc1Br. The van der Waals surface area contributed by atoms with E-state index in [-0.39, 0.29) is 0 Å². The molecule has 0 spiro atoms. The van der Waals surface area contributed by atoms with E-state index in [2.05, 4.69) is 15.9 Å². The molecule has 0 saturated heterocycles. The number of ether oxygens (including phenoxy) is 1. The second kappa shape index (κ2) is 6.93. The van der Waals surface area contributed by atoms with Crippen LogP contribution in [0.25, 0.3) is 0 Å². The molecule has 3 nitrogen and oxygen atoms in total. The fraction of sp³-hybridized carbons (Fsp3) is 0.364. The Hall–Kier alpha value is -0.520. The minimum Gasteiger partial charge on any atom is -0.478 e. The fourth-order valence-corrected chi connectivity index (χ4v) is 2.70. The van der Waals surface area contributed by atoms with Crippen LogP contribution in [0.4, 0.5) is 0 Å². The van der Waals surface area contributed by atoms with Gasteiger partial charge in [-0.25, -0.2) is 4.79 Å². The molecule has 0 radical (unpaired) electrons. The number of methoxy groups -OCH3 is 1. The Bertz CT molecular complexity index is 368. The van der Waals surface area contributed by atoms with Crippen LogP contribution in [-0.4, -0.2) is 30.5 Å². The molecule has 0 amide bonds. The number of carbonyl (C=O) groups is 1. The van der Waals surface area contributed by atoms with Crippen molar-refractivity contribution in [3.8, 4) is 0 Å². The highest BCUT2D eigenvalue weighted by Crippen LogP contribution is 2.28. The van der Waals surface area contributed by atoms with Crippen LogP contribution in [0.15, 0.2) is 27.6 Å². The molecule has 0 bridgehead atoms. The minimum absolute atomic E-state index is 0.299. The molecule has 0 aliphatic rings. The molecule has 0 fully saturated rings. The lowest BCUT2D eigenvalue weighted by atomic mass is 10.2. The van der Waals surface area contributed by atoms with E-state index in [0.29, 0.717) is 5.56 Å². The van der Waals surface area contributed by atoms with Gasteiger partial charge in [0.15, 0.2) is 0 Å². The number of rotatable bonds is 6. The number of hydrogen-bond acceptors (Lipinski definition) is 3. The summed E-state index contributed by atoms with van der Waals surface area (Å²) >= 11 is 5.06. The summed E-state index contributed by atoms with van der Waals surface area (Å²) in [6.07, 6.45) is 0.980. The van der Waals surface area contributed by atoms with Gasteiger partial charge in [-0.2, -0.15) is 0 Å². The molecule has 0 aromatic heterocycles. The number of thioether (sulfide) groups is 1. The van der Waals surface area contributed by atoms with Gasteiger partial charge in [-0.15, -0.1) is 11.8 Å². The van der Waals surface area contributed by atoms with E-state index in [0.717, 1.165) is 28.1 Å². The Balaban J connectivity index is 2.57. The summed E-state index contributed by atoms with van der Waals surface area (Å²) in [5, 5.41) is 8.80. The van der Waals surface area contributed by atoms with Gasteiger partial charge in [0.25, 0.3) is 0 Å². The van der Waals surface area contributed by atoms with E-state index in [9.17, 15) is 4.79 Å². The Morgan fingerprint density at radius 1 is 1.56 bits per heavy atom. The summed E-state index contributed by atoms with van der Waals surface area (Å²) in [6, 6.07) is 5.07. The highest BCUT2D eigenvalue weighted by molar-refractivity contribution is 9.10. The molecular formula is C11H13BrO3S. The zero-order valence-corrected chi connectivity index (χ0v) is 11.3. The maximum Gasteiger partial charge on any atom is 0.335 e. The summed E-state index contributed by atoms with van der Waals surface area (Å²) in [5.74, 6) is 0.0513. The normalized spacial score (nSPS) is 10.4. The lowest BCUT2D eigenvalue weighted by molar-refractivity contribution is 0.0696. The van der Waals surface area contributed by atoms with Crippen molar-refractivity contribution >= 4 is 33.7 Å². The van der Waals surface area contributed by atoms with E-state index in [1.807, 2.05) is 6.07 Å². The van der Waals surface area contributed by atoms with Gasteiger partial charge in [0, 0.05) is 28.8 Å². The lowest BCUT2D eigenvalue weighted by Crippen LogP contribution is -1.96. The Kier molecular flexibility index (Phi) is 5.87. The standard InChI is InChI=1S/C11H13BrO3S/c1-15-5-2-6-16-10-4-3-8(11(13)14)7-9(10)12/h3-4,7H,2,5-6H2,1H3,(H,13,14). The topological polar surface area (TPSA) is 46.5 Å². The molecule has 0 aliphatic heterocycles. The largest absolute Gasteiger partial charge is 0.478 e. The average molecular weight is 305 g/mol. The van der Waals surface area contributed by atoms with Crippen molar-refractivity contribution in [2.24, 2.45) is 0 Å². The zero-order chi connectivity index (χ0) is 12.0. The van der Waals surface area contributed by atoms with Crippen LogP contribution in [-0.2, 0) is 4.74 Å². The summed E-state index contributed by atoms with van der Waals surface area (Å²) in [4.78, 5) is 11.8. The summed E-state index contributed by atoms with van der Waals surface area (Å²) < 4.78 is 5.79. The maximum atomic E-state index is 10.7. The first kappa shape index (κ1) is 13.5. The molecule has 1 aromatic carbocycles. The van der Waals surface area contributed by atoms with Crippen molar-refractivity contribution in [2.75, 3.05) is 19.5 Å². The van der Waals surface area contributed by atoms with Gasteiger partial charge >= 0.3 is 5.97 Å². The molecular weight excluding hydrogens is 292 g/mol. The molecule has 0 saturated carbocycles. The number of hydrogen-bond donors (Lipinski definition) is 1. The summed E-state index contributed by atoms with van der Waals surface area (Å²) in [7, 11) is 1.68. The predicted octanol–water partition coefficient (Wildman–Crippen LogP) is 3.28. The van der Waals surface area contributed by atoms with Crippen molar-refractivity contribution in [2.45, 2.75) is 11.3 Å². The van der Waals surface area contributed by atoms with E-state index in [1.165, 1.54) is 0 Å². The summed E-state index contributed by atoms with van der Waals surface area (Å²) in [6.45, 7) is 0.748. The van der Waals surface area contributed by atoms with Crippen molar-refractivity contribution < 1.29 is 14.6 Å². The average Bonchev–Trinajstić information content (AvgIpc) is 2.26. The first-order valence-corrected chi connectivity index (χ1v) is 6.57. The number of halogens is 1. The van der Waals surface area contributed by atoms with E-state index in [1.54, 1.807) is 31.0 Å². The lowest BCUT2D eigenvalue weighted by Gasteiger charge is -2.05. The van der Waals surface area contributed by atoms with Crippen LogP contribution in [0.1, 0.15) is 16.8 Å². The molecule has 0 heterocycles. The molecule has 88 valence electrons. The molecule has 1 rings (SSSR count). The van der Waals surface area contributed by atoms with Gasteiger partial charge in [-0.1, -0.05) is 0 Å². The van der Waals surface area contributed by atoms with Gasteiger partial charge in [0.1, 0.15) is 0 Å². The Morgan fingerprint density at radius 2 is 2.31 bits per heavy atom. The summed E-state index contributed by atoms with van der Waals surface area (Å²) in [5.41, 5.74) is 0.299. The second-order valence-corrected chi connectivity index (χ2v) is 5.14. The van der Waals surface area contributed by atoms with Crippen LogP contribution in [0.3, 0.4) is 0 Å². The van der Waals surface area contributed by atoms with E-state index < -0.39 is 5.97 Å². The number of aromatic carboxylic acids is 1. The van der Waals surface area contributed by atoms with Crippen LogP contribution >= 0.6 is 27.7 Å². The van der Waals surface area contributed by atoms with Crippen molar-refractivity contribution in [3.05, 3.63) is 28.2 Å². The van der Waals surface area contributed by atoms with Gasteiger partial charge < -0.3 is 9.84 Å². The molecule has 0 unspecified atom stereocenters. The van der Waals surface area contributed by atoms with Crippen LogP contribution < -0.4 is 0 Å². The van der Waals surface area contributed by atoms with Crippen molar-refractivity contribution in [3.63, 3.8) is 0 Å². The molecule has 1 aromatic rings. The third-order valence-corrected chi connectivity index (χ3v) is 4.01. The monoisotopic (exact) mass is 304 g/mol. The molecule has 0 atom stereocenters. The highest BCUT2D eigenvalue weighted by atomic mass is 79.9. The third-order valence-electron chi connectivity index (χ3n) is 1.93. The predicted molar refractivity (Wildman–Crippen MR) is 68.3 cm³/mol. The molecule has 5 heteroatoms. The van der Waals surface area contributed by atoms with Crippen LogP contribution in [0, 0.1) is 0 Å². The minimum atomic E-state index is -0.906. The van der Waals surface area contributed by atoms with Gasteiger partial charge in [0.05, 0.1) is 5.56 Å². The third kappa shape index (κ3) is 4.15. The molecule has 16 heavy (non-hydrogen) atoms. The molecule has 0 aliphatic carbocycles. The van der Waals surface area contributed by atoms with Crippen molar-refractivity contribution in [1.82, 2.24) is 0 Å². The van der Waals surface area contributed by atoms with Crippen molar-refractivity contribution in [1.29, 1.82) is 0 Å². The number of carboxylic acid groups (broad SMARTS) is 1. The zero-order valence-electron chi connectivity index (χ0n) is 8.90. The first-order chi connectivity index (χ1) is 7.65.